The molecule has 2 aromatic rings. The Hall–Kier alpha value is -2.42. The van der Waals surface area contributed by atoms with Crippen molar-refractivity contribution >= 4 is 11.6 Å². The third kappa shape index (κ3) is 5.06. The molecule has 0 atom stereocenters. The number of carbonyl (C=O) groups excluding carboxylic acids is 1. The summed E-state index contributed by atoms with van der Waals surface area (Å²) in [7, 11) is 0. The van der Waals surface area contributed by atoms with Crippen molar-refractivity contribution in [3.05, 3.63) is 71.3 Å². The Balaban J connectivity index is 1.98. The molecule has 0 heterocycles. The fourth-order valence-electron chi connectivity index (χ4n) is 2.24. The molecule has 0 aliphatic carbocycles. The molecular weight excluding hydrogens is 284 g/mol. The maximum atomic E-state index is 11.9. The minimum Gasteiger partial charge on any atom is -0.273 e. The number of benzene rings is 2. The summed E-state index contributed by atoms with van der Waals surface area (Å²) >= 11 is 0. The second kappa shape index (κ2) is 7.23. The van der Waals surface area contributed by atoms with E-state index < -0.39 is 0 Å². The van der Waals surface area contributed by atoms with Crippen LogP contribution in [-0.4, -0.2) is 11.6 Å². The molecule has 0 aliphatic heterocycles. The fourth-order valence-corrected chi connectivity index (χ4v) is 2.24. The van der Waals surface area contributed by atoms with E-state index in [2.05, 4.69) is 43.4 Å². The summed E-state index contributed by atoms with van der Waals surface area (Å²) in [6, 6.07) is 18.0. The number of carbonyl (C=O) groups is 1. The van der Waals surface area contributed by atoms with Gasteiger partial charge >= 0.3 is 0 Å². The molecule has 120 valence electrons. The zero-order valence-electron chi connectivity index (χ0n) is 14.3. The molecule has 2 aromatic carbocycles. The first-order valence-corrected chi connectivity index (χ1v) is 7.84. The van der Waals surface area contributed by atoms with Crippen LogP contribution in [0, 0.1) is 0 Å². The van der Waals surface area contributed by atoms with Crippen LogP contribution in [0.25, 0.3) is 0 Å². The highest BCUT2D eigenvalue weighted by molar-refractivity contribution is 5.99. The van der Waals surface area contributed by atoms with E-state index >= 15 is 0 Å². The third-order valence-electron chi connectivity index (χ3n) is 3.72. The number of hydrogen-bond donors (Lipinski definition) is 1. The van der Waals surface area contributed by atoms with Crippen LogP contribution < -0.4 is 5.43 Å². The molecule has 0 unspecified atom stereocenters. The van der Waals surface area contributed by atoms with Crippen molar-refractivity contribution in [2.75, 3.05) is 0 Å². The van der Waals surface area contributed by atoms with Gasteiger partial charge in [-0.2, -0.15) is 5.10 Å². The lowest BCUT2D eigenvalue weighted by molar-refractivity contribution is -0.120. The SMILES string of the molecule is C/C(=N\NC(=O)Cc1ccccc1)c1ccc(C(C)(C)C)cc1. The zero-order valence-corrected chi connectivity index (χ0v) is 14.3. The molecule has 3 heteroatoms. The normalized spacial score (nSPS) is 12.1. The second-order valence-corrected chi connectivity index (χ2v) is 6.72. The minimum atomic E-state index is -0.109. The number of amides is 1. The highest BCUT2D eigenvalue weighted by Gasteiger charge is 2.13. The Morgan fingerprint density at radius 1 is 1.00 bits per heavy atom. The van der Waals surface area contributed by atoms with Gasteiger partial charge in [0.2, 0.25) is 5.91 Å². The van der Waals surface area contributed by atoms with Gasteiger partial charge in [-0.1, -0.05) is 75.4 Å². The summed E-state index contributed by atoms with van der Waals surface area (Å²) in [4.78, 5) is 11.9. The topological polar surface area (TPSA) is 41.5 Å². The van der Waals surface area contributed by atoms with Gasteiger partial charge < -0.3 is 0 Å². The highest BCUT2D eigenvalue weighted by atomic mass is 16.2. The van der Waals surface area contributed by atoms with Crippen molar-refractivity contribution in [2.24, 2.45) is 5.10 Å². The summed E-state index contributed by atoms with van der Waals surface area (Å²) in [5, 5.41) is 4.20. The monoisotopic (exact) mass is 308 g/mol. The maximum Gasteiger partial charge on any atom is 0.244 e. The Labute approximate surface area is 138 Å². The molecule has 1 N–H and O–H groups in total. The molecule has 3 nitrogen and oxygen atoms in total. The largest absolute Gasteiger partial charge is 0.273 e. The van der Waals surface area contributed by atoms with Gasteiger partial charge in [0, 0.05) is 0 Å². The van der Waals surface area contributed by atoms with Crippen LogP contribution >= 0.6 is 0 Å². The summed E-state index contributed by atoms with van der Waals surface area (Å²) in [5.41, 5.74) is 6.82. The van der Waals surface area contributed by atoms with E-state index in [0.717, 1.165) is 16.8 Å². The van der Waals surface area contributed by atoms with Crippen LogP contribution in [0.1, 0.15) is 44.4 Å². The molecule has 0 bridgehead atoms. The number of hydrazone groups is 1. The van der Waals surface area contributed by atoms with Gasteiger partial charge in [0.05, 0.1) is 12.1 Å². The van der Waals surface area contributed by atoms with Crippen molar-refractivity contribution in [1.82, 2.24) is 5.43 Å². The average molecular weight is 308 g/mol. The molecule has 2 rings (SSSR count). The molecule has 0 aromatic heterocycles. The van der Waals surface area contributed by atoms with Crippen LogP contribution in [0.4, 0.5) is 0 Å². The Morgan fingerprint density at radius 2 is 1.61 bits per heavy atom. The van der Waals surface area contributed by atoms with Gasteiger partial charge in [0.25, 0.3) is 0 Å². The molecule has 0 saturated heterocycles. The first-order chi connectivity index (χ1) is 10.9. The number of nitrogens with zero attached hydrogens (tertiary/aromatic N) is 1. The van der Waals surface area contributed by atoms with Crippen molar-refractivity contribution < 1.29 is 4.79 Å². The van der Waals surface area contributed by atoms with Crippen LogP contribution in [0.5, 0.6) is 0 Å². The van der Waals surface area contributed by atoms with Gasteiger partial charge in [-0.05, 0) is 29.0 Å². The number of nitrogens with one attached hydrogen (secondary N) is 1. The van der Waals surface area contributed by atoms with Gasteiger partial charge in [-0.25, -0.2) is 5.43 Å². The molecular formula is C20H24N2O. The van der Waals surface area contributed by atoms with Gasteiger partial charge in [0.1, 0.15) is 0 Å². The van der Waals surface area contributed by atoms with E-state index in [1.807, 2.05) is 49.4 Å². The summed E-state index contributed by atoms with van der Waals surface area (Å²) in [5.74, 6) is -0.109. The average Bonchev–Trinajstić information content (AvgIpc) is 2.53. The minimum absolute atomic E-state index is 0.109. The summed E-state index contributed by atoms with van der Waals surface area (Å²) < 4.78 is 0. The lowest BCUT2D eigenvalue weighted by atomic mass is 9.86. The first kappa shape index (κ1) is 16.9. The van der Waals surface area contributed by atoms with Crippen LogP contribution in [0.15, 0.2) is 59.7 Å². The lowest BCUT2D eigenvalue weighted by Crippen LogP contribution is -2.21. The van der Waals surface area contributed by atoms with Gasteiger partial charge in [-0.15, -0.1) is 0 Å². The Bertz CT molecular complexity index is 680. The van der Waals surface area contributed by atoms with Crippen LogP contribution in [0.3, 0.4) is 0 Å². The third-order valence-corrected chi connectivity index (χ3v) is 3.72. The standard InChI is InChI=1S/C20H24N2O/c1-15(17-10-12-18(13-11-17)20(2,3)4)21-22-19(23)14-16-8-6-5-7-9-16/h5-13H,14H2,1-4H3,(H,22,23)/b21-15+. The lowest BCUT2D eigenvalue weighted by Gasteiger charge is -2.19. The molecule has 23 heavy (non-hydrogen) atoms. The number of rotatable bonds is 4. The molecule has 0 radical (unpaired) electrons. The van der Waals surface area contributed by atoms with E-state index in [9.17, 15) is 4.79 Å². The summed E-state index contributed by atoms with van der Waals surface area (Å²) in [6.07, 6.45) is 0.334. The van der Waals surface area contributed by atoms with E-state index in [1.54, 1.807) is 0 Å². The quantitative estimate of drug-likeness (QED) is 0.671. The maximum absolute atomic E-state index is 11.9. The van der Waals surface area contributed by atoms with Gasteiger partial charge in [0.15, 0.2) is 0 Å². The summed E-state index contributed by atoms with van der Waals surface area (Å²) in [6.45, 7) is 8.46. The fraction of sp³-hybridized carbons (Fsp3) is 0.300. The van der Waals surface area contributed by atoms with Crippen LogP contribution in [-0.2, 0) is 16.6 Å². The Kier molecular flexibility index (Phi) is 5.32. The molecule has 0 spiro atoms. The molecule has 0 aliphatic rings. The molecule has 0 fully saturated rings. The van der Waals surface area contributed by atoms with Crippen molar-refractivity contribution in [3.8, 4) is 0 Å². The van der Waals surface area contributed by atoms with Crippen molar-refractivity contribution in [2.45, 2.75) is 39.5 Å². The van der Waals surface area contributed by atoms with Gasteiger partial charge in [-0.3, -0.25) is 4.79 Å². The van der Waals surface area contributed by atoms with Crippen molar-refractivity contribution in [1.29, 1.82) is 0 Å². The highest BCUT2D eigenvalue weighted by Crippen LogP contribution is 2.22. The number of hydrogen-bond acceptors (Lipinski definition) is 2. The predicted molar refractivity (Wildman–Crippen MR) is 95.6 cm³/mol. The second-order valence-electron chi connectivity index (χ2n) is 6.72. The van der Waals surface area contributed by atoms with E-state index in [4.69, 9.17) is 0 Å². The predicted octanol–water partition coefficient (Wildman–Crippen LogP) is 4.07. The first-order valence-electron chi connectivity index (χ1n) is 7.84. The molecule has 1 amide bonds. The van der Waals surface area contributed by atoms with E-state index in [0.29, 0.717) is 6.42 Å². The Morgan fingerprint density at radius 3 is 2.17 bits per heavy atom. The smallest absolute Gasteiger partial charge is 0.244 e. The van der Waals surface area contributed by atoms with Crippen LogP contribution in [0.2, 0.25) is 0 Å². The molecule has 0 saturated carbocycles. The van der Waals surface area contributed by atoms with E-state index in [1.165, 1.54) is 5.56 Å². The van der Waals surface area contributed by atoms with E-state index in [-0.39, 0.29) is 11.3 Å². The van der Waals surface area contributed by atoms with Crippen molar-refractivity contribution in [3.63, 3.8) is 0 Å². The zero-order chi connectivity index (χ0) is 16.9.